The monoisotopic (exact) mass is 386 g/mol. The molecule has 0 fully saturated rings. The maximum atomic E-state index is 11.8. The number of carbonyl (C=O) groups is 1. The number of hydrogen-bond acceptors (Lipinski definition) is 3. The third-order valence-electron chi connectivity index (χ3n) is 2.78. The summed E-state index contributed by atoms with van der Waals surface area (Å²) in [5.74, 6) is -0.0684. The topological polar surface area (TPSA) is 68.3 Å². The second kappa shape index (κ2) is 5.38. The van der Waals surface area contributed by atoms with Crippen molar-refractivity contribution in [2.45, 2.75) is 12.5 Å². The molecule has 2 aromatic rings. The third-order valence-corrected chi connectivity index (χ3v) is 3.70. The Kier molecular flexibility index (Phi) is 4.01. The highest BCUT2D eigenvalue weighted by molar-refractivity contribution is 9.10. The predicted octanol–water partition coefficient (Wildman–Crippen LogP) is 3.62. The molecule has 0 saturated carbocycles. The van der Waals surface area contributed by atoms with Crippen molar-refractivity contribution in [1.82, 2.24) is 0 Å². The van der Waals surface area contributed by atoms with Gasteiger partial charge >= 0.3 is 0 Å². The summed E-state index contributed by atoms with van der Waals surface area (Å²) in [6, 6.07) is 10.9. The van der Waals surface area contributed by atoms with Crippen LogP contribution in [0.4, 0.5) is 5.69 Å². The van der Waals surface area contributed by atoms with Crippen molar-refractivity contribution in [2.24, 2.45) is 5.73 Å². The molecule has 100 valence electrons. The summed E-state index contributed by atoms with van der Waals surface area (Å²) in [7, 11) is 0. The molecule has 4 nitrogen and oxygen atoms in total. The van der Waals surface area contributed by atoms with Crippen LogP contribution >= 0.6 is 31.9 Å². The van der Waals surface area contributed by atoms with Crippen LogP contribution < -0.4 is 11.1 Å². The lowest BCUT2D eigenvalue weighted by Gasteiger charge is -2.26. The van der Waals surface area contributed by atoms with Crippen LogP contribution in [-0.2, 0) is 10.3 Å². The summed E-state index contributed by atoms with van der Waals surface area (Å²) in [6.45, 7) is 1.68. The highest BCUT2D eigenvalue weighted by atomic mass is 79.9. The molecule has 1 amide bonds. The van der Waals surface area contributed by atoms with Crippen molar-refractivity contribution in [1.29, 1.82) is 0 Å². The van der Waals surface area contributed by atoms with Gasteiger partial charge in [-0.1, -0.05) is 22.0 Å². The molecule has 1 unspecified atom stereocenters. The van der Waals surface area contributed by atoms with E-state index in [9.17, 15) is 4.79 Å². The highest BCUT2D eigenvalue weighted by Crippen LogP contribution is 2.30. The molecule has 1 atom stereocenters. The van der Waals surface area contributed by atoms with Gasteiger partial charge < -0.3 is 15.5 Å². The number of primary amides is 1. The minimum Gasteiger partial charge on any atom is -0.451 e. The molecule has 0 aliphatic heterocycles. The van der Waals surface area contributed by atoms with Crippen LogP contribution in [-0.4, -0.2) is 5.91 Å². The lowest BCUT2D eigenvalue weighted by Crippen LogP contribution is -2.44. The lowest BCUT2D eigenvalue weighted by atomic mass is 9.97. The number of halogens is 2. The quantitative estimate of drug-likeness (QED) is 0.841. The number of rotatable bonds is 4. The normalized spacial score (nSPS) is 13.8. The fraction of sp³-hybridized carbons (Fsp3) is 0.154. The minimum absolute atomic E-state index is 0.451. The Balaban J connectivity index is 2.38. The molecule has 0 aliphatic carbocycles. The Bertz CT molecular complexity index is 612. The first kappa shape index (κ1) is 14.1. The molecule has 2 rings (SSSR count). The summed E-state index contributed by atoms with van der Waals surface area (Å²) < 4.78 is 6.91. The highest BCUT2D eigenvalue weighted by Gasteiger charge is 2.36. The third kappa shape index (κ3) is 3.01. The van der Waals surface area contributed by atoms with Gasteiger partial charge in [-0.15, -0.1) is 0 Å². The van der Waals surface area contributed by atoms with Crippen LogP contribution in [0.5, 0.6) is 0 Å². The van der Waals surface area contributed by atoms with Crippen LogP contribution in [0.3, 0.4) is 0 Å². The molecule has 0 bridgehead atoms. The van der Waals surface area contributed by atoms with Crippen LogP contribution in [0.15, 0.2) is 50.0 Å². The largest absolute Gasteiger partial charge is 0.451 e. The number of amides is 1. The zero-order valence-electron chi connectivity index (χ0n) is 10.1. The average molecular weight is 388 g/mol. The van der Waals surface area contributed by atoms with Gasteiger partial charge in [0.05, 0.1) is 0 Å². The molecule has 1 aromatic heterocycles. The molecule has 0 spiro atoms. The SMILES string of the molecule is CC(Nc1cccc(Br)c1)(C(N)=O)c1ccc(Br)o1. The molecule has 0 radical (unpaired) electrons. The molecule has 0 aliphatic rings. The smallest absolute Gasteiger partial charge is 0.250 e. The number of nitrogens with two attached hydrogens (primary N) is 1. The fourth-order valence-corrected chi connectivity index (χ4v) is 2.39. The molecule has 0 saturated heterocycles. The zero-order chi connectivity index (χ0) is 14.0. The van der Waals surface area contributed by atoms with Gasteiger partial charge in [0.15, 0.2) is 10.2 Å². The first-order chi connectivity index (χ1) is 8.91. The van der Waals surface area contributed by atoms with E-state index in [0.717, 1.165) is 10.2 Å². The van der Waals surface area contributed by atoms with Gasteiger partial charge in [0.25, 0.3) is 5.91 Å². The van der Waals surface area contributed by atoms with Crippen LogP contribution in [0.2, 0.25) is 0 Å². The second-order valence-electron chi connectivity index (χ2n) is 4.23. The van der Waals surface area contributed by atoms with Gasteiger partial charge in [-0.05, 0) is 53.2 Å². The van der Waals surface area contributed by atoms with Crippen molar-refractivity contribution in [3.8, 4) is 0 Å². The Hall–Kier alpha value is -1.27. The summed E-state index contributed by atoms with van der Waals surface area (Å²) in [4.78, 5) is 11.8. The Morgan fingerprint density at radius 1 is 1.32 bits per heavy atom. The fourth-order valence-electron chi connectivity index (χ4n) is 1.68. The first-order valence-electron chi connectivity index (χ1n) is 5.51. The summed E-state index contributed by atoms with van der Waals surface area (Å²) in [6.07, 6.45) is 0. The number of carbonyl (C=O) groups excluding carboxylic acids is 1. The maximum Gasteiger partial charge on any atom is 0.250 e. The molecule has 6 heteroatoms. The predicted molar refractivity (Wildman–Crippen MR) is 80.7 cm³/mol. The van der Waals surface area contributed by atoms with Crippen molar-refractivity contribution in [3.63, 3.8) is 0 Å². The Labute approximate surface area is 127 Å². The first-order valence-corrected chi connectivity index (χ1v) is 7.10. The molecular formula is C13H12Br2N2O2. The van der Waals surface area contributed by atoms with Crippen LogP contribution in [0.1, 0.15) is 12.7 Å². The molecule has 1 heterocycles. The molecule has 3 N–H and O–H groups in total. The Morgan fingerprint density at radius 2 is 2.05 bits per heavy atom. The molecular weight excluding hydrogens is 376 g/mol. The van der Waals surface area contributed by atoms with E-state index in [1.165, 1.54) is 0 Å². The standard InChI is InChI=1S/C13H12Br2N2O2/c1-13(12(16)18,10-5-6-11(15)19-10)17-9-4-2-3-8(14)7-9/h2-7,17H,1H3,(H2,16,18). The maximum absolute atomic E-state index is 11.8. The molecule has 19 heavy (non-hydrogen) atoms. The lowest BCUT2D eigenvalue weighted by molar-refractivity contribution is -0.122. The van der Waals surface area contributed by atoms with Gasteiger partial charge in [-0.2, -0.15) is 0 Å². The zero-order valence-corrected chi connectivity index (χ0v) is 13.3. The summed E-state index contributed by atoms with van der Waals surface area (Å²) in [5.41, 5.74) is 5.16. The number of hydrogen-bond donors (Lipinski definition) is 2. The van der Waals surface area contributed by atoms with E-state index in [1.54, 1.807) is 19.1 Å². The van der Waals surface area contributed by atoms with E-state index in [0.29, 0.717) is 10.4 Å². The number of nitrogens with one attached hydrogen (secondary N) is 1. The van der Waals surface area contributed by atoms with Gasteiger partial charge in [0.2, 0.25) is 0 Å². The van der Waals surface area contributed by atoms with Gasteiger partial charge in [0.1, 0.15) is 5.76 Å². The van der Waals surface area contributed by atoms with Gasteiger partial charge in [-0.25, -0.2) is 0 Å². The van der Waals surface area contributed by atoms with E-state index in [4.69, 9.17) is 10.2 Å². The van der Waals surface area contributed by atoms with Crippen molar-refractivity contribution in [3.05, 3.63) is 51.3 Å². The van der Waals surface area contributed by atoms with E-state index < -0.39 is 11.4 Å². The van der Waals surface area contributed by atoms with E-state index in [1.807, 2.05) is 24.3 Å². The second-order valence-corrected chi connectivity index (χ2v) is 5.93. The van der Waals surface area contributed by atoms with E-state index in [-0.39, 0.29) is 0 Å². The molecule has 1 aromatic carbocycles. The number of furan rings is 1. The minimum atomic E-state index is -1.12. The van der Waals surface area contributed by atoms with Crippen molar-refractivity contribution >= 4 is 43.5 Å². The van der Waals surface area contributed by atoms with Gasteiger partial charge in [-0.3, -0.25) is 4.79 Å². The summed E-state index contributed by atoms with van der Waals surface area (Å²) >= 11 is 6.60. The average Bonchev–Trinajstić information content (AvgIpc) is 2.76. The Morgan fingerprint density at radius 3 is 2.58 bits per heavy atom. The van der Waals surface area contributed by atoms with Crippen molar-refractivity contribution in [2.75, 3.05) is 5.32 Å². The van der Waals surface area contributed by atoms with Crippen LogP contribution in [0, 0.1) is 0 Å². The number of benzene rings is 1. The number of anilines is 1. The van der Waals surface area contributed by atoms with Crippen molar-refractivity contribution < 1.29 is 9.21 Å². The van der Waals surface area contributed by atoms with E-state index in [2.05, 4.69) is 37.2 Å². The van der Waals surface area contributed by atoms with Gasteiger partial charge in [0, 0.05) is 10.2 Å². The van der Waals surface area contributed by atoms with E-state index >= 15 is 0 Å². The van der Waals surface area contributed by atoms with Crippen LogP contribution in [0.25, 0.3) is 0 Å². The summed E-state index contributed by atoms with van der Waals surface area (Å²) in [5, 5.41) is 3.11.